The van der Waals surface area contributed by atoms with Gasteiger partial charge < -0.3 is 10.5 Å². The first kappa shape index (κ1) is 19.5. The van der Waals surface area contributed by atoms with Crippen LogP contribution in [0.2, 0.25) is 0 Å². The maximum Gasteiger partial charge on any atom is 0.411 e. The molecule has 0 bridgehead atoms. The first-order chi connectivity index (χ1) is 12.2. The maximum atomic E-state index is 14.6. The Morgan fingerprint density at radius 2 is 2.08 bits per heavy atom. The zero-order valence-electron chi connectivity index (χ0n) is 14.6. The summed E-state index contributed by atoms with van der Waals surface area (Å²) in [6.07, 6.45) is 1.77. The number of ether oxygens (including phenoxy) is 1. The molecule has 0 radical (unpaired) electrons. The van der Waals surface area contributed by atoms with Crippen molar-refractivity contribution in [2.24, 2.45) is 15.1 Å². The normalized spacial score (nSPS) is 30.1. The van der Waals surface area contributed by atoms with E-state index in [1.165, 1.54) is 13.1 Å². The standard InChI is InChI=1S/C17H21FIN3O3S/c1-16(12-9-11(19)5-6-13(12)18)10-26(24,21-2)17(7-3-4-8-17)14(22-16)25-15(20)23/h5-6,9H,3-4,7-8,10H2,1-2H3,(H2,20,23)/t16-,26?/m0/s1. The van der Waals surface area contributed by atoms with Gasteiger partial charge in [-0.3, -0.25) is 0 Å². The van der Waals surface area contributed by atoms with Crippen LogP contribution in [-0.4, -0.2) is 33.7 Å². The number of benzene rings is 1. The minimum atomic E-state index is -2.86. The van der Waals surface area contributed by atoms with E-state index in [0.29, 0.717) is 18.4 Å². The molecule has 142 valence electrons. The first-order valence-electron chi connectivity index (χ1n) is 8.31. The molecular weight excluding hydrogens is 472 g/mol. The van der Waals surface area contributed by atoms with E-state index >= 15 is 0 Å². The molecule has 1 aromatic carbocycles. The Morgan fingerprint density at radius 3 is 2.65 bits per heavy atom. The summed E-state index contributed by atoms with van der Waals surface area (Å²) in [6.45, 7) is 1.69. The molecule has 9 heteroatoms. The van der Waals surface area contributed by atoms with Crippen molar-refractivity contribution in [3.05, 3.63) is 33.1 Å². The fraction of sp³-hybridized carbons (Fsp3) is 0.529. The molecule has 6 nitrogen and oxygen atoms in total. The van der Waals surface area contributed by atoms with E-state index in [1.807, 2.05) is 0 Å². The second-order valence-electron chi connectivity index (χ2n) is 6.90. The zero-order valence-corrected chi connectivity index (χ0v) is 17.6. The molecule has 0 aromatic heterocycles. The Bertz CT molecular complexity index is 905. The smallest absolute Gasteiger partial charge is 0.394 e. The van der Waals surface area contributed by atoms with E-state index in [0.717, 1.165) is 16.4 Å². The molecule has 1 heterocycles. The number of rotatable bonds is 1. The average molecular weight is 493 g/mol. The van der Waals surface area contributed by atoms with Gasteiger partial charge in [-0.1, -0.05) is 12.8 Å². The van der Waals surface area contributed by atoms with Gasteiger partial charge in [-0.2, -0.15) is 0 Å². The number of hydrogen-bond donors (Lipinski definition) is 1. The van der Waals surface area contributed by atoms with Gasteiger partial charge in [0.2, 0.25) is 5.90 Å². The fourth-order valence-electron chi connectivity index (χ4n) is 3.99. The molecule has 1 unspecified atom stereocenters. The number of aliphatic imine (C=N–C) groups is 1. The zero-order chi connectivity index (χ0) is 19.2. The number of hydrogen-bond acceptors (Lipinski definition) is 5. The Balaban J connectivity index is 2.27. The first-order valence-corrected chi connectivity index (χ1v) is 11.1. The van der Waals surface area contributed by atoms with Crippen molar-refractivity contribution in [2.75, 3.05) is 12.8 Å². The lowest BCUT2D eigenvalue weighted by molar-refractivity contribution is 0.203. The number of primary amides is 1. The maximum absolute atomic E-state index is 14.6. The number of halogens is 2. The van der Waals surface area contributed by atoms with Crippen molar-refractivity contribution in [3.63, 3.8) is 0 Å². The van der Waals surface area contributed by atoms with Gasteiger partial charge >= 0.3 is 6.09 Å². The number of carbonyl (C=O) groups is 1. The molecule has 3 rings (SSSR count). The van der Waals surface area contributed by atoms with Crippen LogP contribution in [0, 0.1) is 9.39 Å². The van der Waals surface area contributed by atoms with E-state index < -0.39 is 31.9 Å². The van der Waals surface area contributed by atoms with Crippen molar-refractivity contribution in [1.82, 2.24) is 0 Å². The van der Waals surface area contributed by atoms with Gasteiger partial charge in [-0.15, -0.1) is 0 Å². The Labute approximate surface area is 166 Å². The van der Waals surface area contributed by atoms with Crippen LogP contribution in [0.15, 0.2) is 27.6 Å². The number of nitrogens with zero attached hydrogens (tertiary/aromatic N) is 2. The summed E-state index contributed by atoms with van der Waals surface area (Å²) in [6, 6.07) is 4.68. The predicted octanol–water partition coefficient (Wildman–Crippen LogP) is 3.56. The molecule has 1 aromatic rings. The summed E-state index contributed by atoms with van der Waals surface area (Å²) in [5.74, 6) is -0.348. The van der Waals surface area contributed by atoms with E-state index in [4.69, 9.17) is 10.5 Å². The van der Waals surface area contributed by atoms with Crippen LogP contribution in [0.5, 0.6) is 0 Å². The van der Waals surface area contributed by atoms with Crippen LogP contribution < -0.4 is 5.73 Å². The topological polar surface area (TPSA) is 94.1 Å². The molecule has 0 saturated heterocycles. The highest BCUT2D eigenvalue weighted by molar-refractivity contribution is 14.1. The van der Waals surface area contributed by atoms with Crippen LogP contribution in [0.25, 0.3) is 0 Å². The highest BCUT2D eigenvalue weighted by atomic mass is 127. The number of amides is 1. The lowest BCUT2D eigenvalue weighted by Crippen LogP contribution is -2.55. The largest absolute Gasteiger partial charge is 0.411 e. The third-order valence-corrected chi connectivity index (χ3v) is 9.26. The summed E-state index contributed by atoms with van der Waals surface area (Å²) in [7, 11) is -1.35. The third kappa shape index (κ3) is 3.02. The molecule has 2 aliphatic rings. The number of carbonyl (C=O) groups excluding carboxylic acids is 1. The van der Waals surface area contributed by atoms with Crippen molar-refractivity contribution in [3.8, 4) is 0 Å². The summed E-state index contributed by atoms with van der Waals surface area (Å²) < 4.78 is 37.9. The highest BCUT2D eigenvalue weighted by Crippen LogP contribution is 2.47. The average Bonchev–Trinajstić information content (AvgIpc) is 3.06. The lowest BCUT2D eigenvalue weighted by atomic mass is 9.93. The minimum absolute atomic E-state index is 0.0325. The van der Waals surface area contributed by atoms with Crippen LogP contribution >= 0.6 is 22.6 Å². The fourth-order valence-corrected chi connectivity index (χ4v) is 7.51. The molecule has 26 heavy (non-hydrogen) atoms. The second kappa shape index (κ2) is 6.74. The van der Waals surface area contributed by atoms with Gasteiger partial charge in [-0.05, 0) is 60.6 Å². The molecule has 1 spiro atoms. The highest BCUT2D eigenvalue weighted by Gasteiger charge is 2.56. The van der Waals surface area contributed by atoms with Gasteiger partial charge in [-0.25, -0.2) is 22.7 Å². The van der Waals surface area contributed by atoms with E-state index in [2.05, 4.69) is 31.9 Å². The molecule has 1 aliphatic carbocycles. The van der Waals surface area contributed by atoms with Crippen molar-refractivity contribution >= 4 is 44.3 Å². The Kier molecular flexibility index (Phi) is 5.06. The summed E-state index contributed by atoms with van der Waals surface area (Å²) in [5, 5.41) is 0. The Morgan fingerprint density at radius 1 is 1.42 bits per heavy atom. The van der Waals surface area contributed by atoms with Crippen molar-refractivity contribution < 1.29 is 18.1 Å². The summed E-state index contributed by atoms with van der Waals surface area (Å²) in [5.41, 5.74) is 4.38. The van der Waals surface area contributed by atoms with Crippen LogP contribution in [0.1, 0.15) is 38.2 Å². The molecule has 2 atom stereocenters. The summed E-state index contributed by atoms with van der Waals surface area (Å²) in [4.78, 5) is 16.1. The molecular formula is C17H21FIN3O3S. The van der Waals surface area contributed by atoms with Crippen LogP contribution in [-0.2, 0) is 20.0 Å². The lowest BCUT2D eigenvalue weighted by Gasteiger charge is -2.42. The van der Waals surface area contributed by atoms with Gasteiger partial charge in [0.05, 0.1) is 15.5 Å². The van der Waals surface area contributed by atoms with Crippen LogP contribution in [0.3, 0.4) is 0 Å². The quantitative estimate of drug-likeness (QED) is 0.607. The number of nitrogens with two attached hydrogens (primary N) is 1. The van der Waals surface area contributed by atoms with Gasteiger partial charge in [0.1, 0.15) is 16.1 Å². The third-order valence-electron chi connectivity index (χ3n) is 5.24. The molecule has 1 aliphatic heterocycles. The summed E-state index contributed by atoms with van der Waals surface area (Å²) >= 11 is 2.08. The van der Waals surface area contributed by atoms with Crippen molar-refractivity contribution in [1.29, 1.82) is 0 Å². The van der Waals surface area contributed by atoms with Crippen LogP contribution in [0.4, 0.5) is 9.18 Å². The minimum Gasteiger partial charge on any atom is -0.394 e. The van der Waals surface area contributed by atoms with Gasteiger partial charge in [0, 0.05) is 16.2 Å². The van der Waals surface area contributed by atoms with E-state index in [1.54, 1.807) is 19.1 Å². The molecule has 2 N–H and O–H groups in total. The van der Waals surface area contributed by atoms with E-state index in [9.17, 15) is 13.4 Å². The monoisotopic (exact) mass is 493 g/mol. The molecule has 1 fully saturated rings. The Hall–Kier alpha value is -1.23. The van der Waals surface area contributed by atoms with Crippen molar-refractivity contribution in [2.45, 2.75) is 42.9 Å². The molecule has 1 saturated carbocycles. The van der Waals surface area contributed by atoms with E-state index in [-0.39, 0.29) is 11.7 Å². The SMILES string of the molecule is CN=S1(=O)C[C@@](C)(c2cc(I)ccc2F)N=C(OC(N)=O)C12CCCC2. The predicted molar refractivity (Wildman–Crippen MR) is 107 cm³/mol. The van der Waals surface area contributed by atoms with Gasteiger partial charge in [0.25, 0.3) is 0 Å². The van der Waals surface area contributed by atoms with Gasteiger partial charge in [0.15, 0.2) is 0 Å². The molecule has 1 amide bonds. The second-order valence-corrected chi connectivity index (χ2v) is 10.9.